The molecule has 5 nitrogen and oxygen atoms in total. The molecule has 0 bridgehead atoms. The van der Waals surface area contributed by atoms with Crippen molar-refractivity contribution in [3.63, 3.8) is 0 Å². The van der Waals surface area contributed by atoms with Crippen LogP contribution in [-0.4, -0.2) is 21.2 Å². The van der Waals surface area contributed by atoms with Crippen molar-refractivity contribution >= 4 is 5.97 Å². The highest BCUT2D eigenvalue weighted by atomic mass is 16.5. The maximum Gasteiger partial charge on any atom is 0.310 e. The number of benzene rings is 1. The number of rotatable bonds is 4. The average molecular weight is 272 g/mol. The summed E-state index contributed by atoms with van der Waals surface area (Å²) in [6.45, 7) is 0. The van der Waals surface area contributed by atoms with Gasteiger partial charge in [0, 0.05) is 12.0 Å². The van der Waals surface area contributed by atoms with Gasteiger partial charge in [-0.1, -0.05) is 48.3 Å². The molecule has 2 aromatic rings. The monoisotopic (exact) mass is 272 g/mol. The Balaban J connectivity index is 1.82. The van der Waals surface area contributed by atoms with Gasteiger partial charge in [0.15, 0.2) is 0 Å². The van der Waals surface area contributed by atoms with Crippen LogP contribution < -0.4 is 0 Å². The molecule has 1 aliphatic rings. The maximum atomic E-state index is 11.5. The second-order valence-electron chi connectivity index (χ2n) is 5.35. The number of aromatic nitrogens is 2. The molecule has 1 saturated carbocycles. The minimum atomic E-state index is -0.755. The van der Waals surface area contributed by atoms with Crippen LogP contribution in [0, 0.1) is 5.41 Å². The van der Waals surface area contributed by atoms with Crippen molar-refractivity contribution in [3.8, 4) is 11.4 Å². The third kappa shape index (κ3) is 2.31. The molecule has 20 heavy (non-hydrogen) atoms. The van der Waals surface area contributed by atoms with Crippen LogP contribution >= 0.6 is 0 Å². The molecule has 5 heteroatoms. The second kappa shape index (κ2) is 5.07. The van der Waals surface area contributed by atoms with E-state index in [-0.39, 0.29) is 0 Å². The molecule has 0 spiro atoms. The summed E-state index contributed by atoms with van der Waals surface area (Å²) >= 11 is 0. The van der Waals surface area contributed by atoms with Gasteiger partial charge in [-0.2, -0.15) is 4.98 Å². The summed E-state index contributed by atoms with van der Waals surface area (Å²) < 4.78 is 5.23. The van der Waals surface area contributed by atoms with Gasteiger partial charge in [0.05, 0.1) is 5.41 Å². The summed E-state index contributed by atoms with van der Waals surface area (Å²) in [5.74, 6) is 0.168. The Morgan fingerprint density at radius 1 is 1.25 bits per heavy atom. The predicted octanol–water partition coefficient (Wildman–Crippen LogP) is 2.92. The number of hydrogen-bond donors (Lipinski definition) is 1. The van der Waals surface area contributed by atoms with Crippen LogP contribution in [0.2, 0.25) is 0 Å². The average Bonchev–Trinajstić information content (AvgIpc) is 3.10. The topological polar surface area (TPSA) is 76.2 Å². The molecule has 0 amide bonds. The Morgan fingerprint density at radius 2 is 1.95 bits per heavy atom. The van der Waals surface area contributed by atoms with Gasteiger partial charge in [0.25, 0.3) is 0 Å². The second-order valence-corrected chi connectivity index (χ2v) is 5.35. The van der Waals surface area contributed by atoms with Crippen LogP contribution in [0.25, 0.3) is 11.4 Å². The lowest BCUT2D eigenvalue weighted by Gasteiger charge is -2.21. The zero-order chi connectivity index (χ0) is 14.0. The molecule has 1 aromatic carbocycles. The van der Waals surface area contributed by atoms with Crippen LogP contribution in [0.15, 0.2) is 34.9 Å². The van der Waals surface area contributed by atoms with E-state index in [0.717, 1.165) is 18.4 Å². The van der Waals surface area contributed by atoms with E-state index in [2.05, 4.69) is 10.1 Å². The SMILES string of the molecule is O=C(O)C1(Cc2nc(-c3ccccc3)no2)CCCC1. The molecule has 1 N–H and O–H groups in total. The first-order chi connectivity index (χ1) is 9.70. The van der Waals surface area contributed by atoms with Gasteiger partial charge in [-0.05, 0) is 12.8 Å². The highest BCUT2D eigenvalue weighted by Gasteiger charge is 2.42. The zero-order valence-corrected chi connectivity index (χ0v) is 11.1. The summed E-state index contributed by atoms with van der Waals surface area (Å²) in [5.41, 5.74) is 0.152. The summed E-state index contributed by atoms with van der Waals surface area (Å²) in [6, 6.07) is 9.53. The number of carboxylic acid groups (broad SMARTS) is 1. The summed E-state index contributed by atoms with van der Waals surface area (Å²) in [4.78, 5) is 15.8. The fraction of sp³-hybridized carbons (Fsp3) is 0.400. The molecule has 1 aromatic heterocycles. The van der Waals surface area contributed by atoms with Crippen molar-refractivity contribution in [2.24, 2.45) is 5.41 Å². The first-order valence-electron chi connectivity index (χ1n) is 6.81. The van der Waals surface area contributed by atoms with Gasteiger partial charge in [0.2, 0.25) is 11.7 Å². The smallest absolute Gasteiger partial charge is 0.310 e. The van der Waals surface area contributed by atoms with Gasteiger partial charge in [0.1, 0.15) is 0 Å². The number of hydrogen-bond acceptors (Lipinski definition) is 4. The summed E-state index contributed by atoms with van der Waals surface area (Å²) in [6.07, 6.45) is 3.59. The summed E-state index contributed by atoms with van der Waals surface area (Å²) in [5, 5.41) is 13.4. The largest absolute Gasteiger partial charge is 0.481 e. The fourth-order valence-corrected chi connectivity index (χ4v) is 2.84. The third-order valence-electron chi connectivity index (χ3n) is 4.00. The molecule has 1 fully saturated rings. The van der Waals surface area contributed by atoms with Gasteiger partial charge < -0.3 is 9.63 Å². The van der Waals surface area contributed by atoms with E-state index in [1.807, 2.05) is 30.3 Å². The third-order valence-corrected chi connectivity index (χ3v) is 4.00. The first kappa shape index (κ1) is 12.8. The zero-order valence-electron chi connectivity index (χ0n) is 11.1. The molecule has 0 aliphatic heterocycles. The van der Waals surface area contributed by atoms with Crippen LogP contribution in [-0.2, 0) is 11.2 Å². The van der Waals surface area contributed by atoms with Crippen molar-refractivity contribution in [1.82, 2.24) is 10.1 Å². The Bertz CT molecular complexity index is 601. The Hall–Kier alpha value is -2.17. The highest BCUT2D eigenvalue weighted by Crippen LogP contribution is 2.41. The number of nitrogens with zero attached hydrogens (tertiary/aromatic N) is 2. The van der Waals surface area contributed by atoms with Crippen molar-refractivity contribution in [2.75, 3.05) is 0 Å². The summed E-state index contributed by atoms with van der Waals surface area (Å²) in [7, 11) is 0. The Labute approximate surface area is 116 Å². The molecule has 0 unspecified atom stereocenters. The quantitative estimate of drug-likeness (QED) is 0.926. The van der Waals surface area contributed by atoms with Crippen molar-refractivity contribution in [3.05, 3.63) is 36.2 Å². The van der Waals surface area contributed by atoms with Gasteiger partial charge in [-0.25, -0.2) is 0 Å². The molecule has 3 rings (SSSR count). The number of carboxylic acids is 1. The maximum absolute atomic E-state index is 11.5. The van der Waals surface area contributed by atoms with Crippen LogP contribution in [0.3, 0.4) is 0 Å². The number of aliphatic carboxylic acids is 1. The van der Waals surface area contributed by atoms with E-state index in [1.165, 1.54) is 0 Å². The van der Waals surface area contributed by atoms with Gasteiger partial charge in [-0.15, -0.1) is 0 Å². The van der Waals surface area contributed by atoms with E-state index in [4.69, 9.17) is 4.52 Å². The molecule has 0 radical (unpaired) electrons. The minimum absolute atomic E-state index is 0.322. The Kier molecular flexibility index (Phi) is 3.26. The lowest BCUT2D eigenvalue weighted by Crippen LogP contribution is -2.30. The fourth-order valence-electron chi connectivity index (χ4n) is 2.84. The van der Waals surface area contributed by atoms with Gasteiger partial charge >= 0.3 is 5.97 Å². The molecule has 0 saturated heterocycles. The molecule has 104 valence electrons. The van der Waals surface area contributed by atoms with Gasteiger partial charge in [-0.3, -0.25) is 4.79 Å². The van der Waals surface area contributed by atoms with Crippen molar-refractivity contribution in [2.45, 2.75) is 32.1 Å². The highest BCUT2D eigenvalue weighted by molar-refractivity contribution is 5.75. The van der Waals surface area contributed by atoms with Crippen LogP contribution in [0.4, 0.5) is 0 Å². The lowest BCUT2D eigenvalue weighted by molar-refractivity contribution is -0.148. The Morgan fingerprint density at radius 3 is 2.60 bits per heavy atom. The lowest BCUT2D eigenvalue weighted by atomic mass is 9.83. The van der Waals surface area contributed by atoms with E-state index >= 15 is 0 Å². The molecule has 0 atom stereocenters. The van der Waals surface area contributed by atoms with Crippen molar-refractivity contribution in [1.29, 1.82) is 0 Å². The first-order valence-corrected chi connectivity index (χ1v) is 6.81. The number of carbonyl (C=O) groups is 1. The van der Waals surface area contributed by atoms with Crippen LogP contribution in [0.1, 0.15) is 31.6 Å². The van der Waals surface area contributed by atoms with E-state index in [0.29, 0.717) is 31.0 Å². The van der Waals surface area contributed by atoms with Crippen molar-refractivity contribution < 1.29 is 14.4 Å². The van der Waals surface area contributed by atoms with Crippen LogP contribution in [0.5, 0.6) is 0 Å². The molecule has 1 heterocycles. The van der Waals surface area contributed by atoms with E-state index < -0.39 is 11.4 Å². The molecular formula is C15H16N2O3. The van der Waals surface area contributed by atoms with E-state index in [1.54, 1.807) is 0 Å². The molecule has 1 aliphatic carbocycles. The predicted molar refractivity (Wildman–Crippen MR) is 72.0 cm³/mol. The minimum Gasteiger partial charge on any atom is -0.481 e. The standard InChI is InChI=1S/C15H16N2O3/c18-14(19)15(8-4-5-9-15)10-12-16-13(17-20-12)11-6-2-1-3-7-11/h1-3,6-7H,4-5,8-10H2,(H,18,19). The molecular weight excluding hydrogens is 256 g/mol. The van der Waals surface area contributed by atoms with E-state index in [9.17, 15) is 9.90 Å². The normalized spacial score (nSPS) is 17.2.